The molecule has 0 radical (unpaired) electrons. The standard InChI is InChI=1S/C14H30N2O/c1-11(2)14(15)9-10-16(3)12-5-7-13(17-4)8-6-12/h11-14H,5-10,15H2,1-4H3. The van der Waals surface area contributed by atoms with Crippen LogP contribution in [0.25, 0.3) is 0 Å². The molecule has 0 saturated heterocycles. The first-order valence-corrected chi connectivity index (χ1v) is 7.03. The highest BCUT2D eigenvalue weighted by atomic mass is 16.5. The van der Waals surface area contributed by atoms with Crippen LogP contribution >= 0.6 is 0 Å². The van der Waals surface area contributed by atoms with Gasteiger partial charge in [0.05, 0.1) is 6.10 Å². The van der Waals surface area contributed by atoms with Crippen LogP contribution in [0.2, 0.25) is 0 Å². The van der Waals surface area contributed by atoms with Gasteiger partial charge in [0, 0.05) is 19.2 Å². The summed E-state index contributed by atoms with van der Waals surface area (Å²) in [6.45, 7) is 5.53. The maximum Gasteiger partial charge on any atom is 0.0572 e. The number of ether oxygens (including phenoxy) is 1. The first kappa shape index (κ1) is 14.9. The van der Waals surface area contributed by atoms with Crippen molar-refractivity contribution < 1.29 is 4.74 Å². The van der Waals surface area contributed by atoms with E-state index in [1.807, 2.05) is 7.11 Å². The maximum absolute atomic E-state index is 6.09. The van der Waals surface area contributed by atoms with E-state index in [0.717, 1.165) is 19.0 Å². The molecule has 0 amide bonds. The van der Waals surface area contributed by atoms with Crippen LogP contribution in [0.5, 0.6) is 0 Å². The minimum absolute atomic E-state index is 0.341. The van der Waals surface area contributed by atoms with Crippen LogP contribution in [0.3, 0.4) is 0 Å². The summed E-state index contributed by atoms with van der Waals surface area (Å²) >= 11 is 0. The molecule has 17 heavy (non-hydrogen) atoms. The van der Waals surface area contributed by atoms with Crippen LogP contribution in [-0.4, -0.2) is 43.8 Å². The lowest BCUT2D eigenvalue weighted by Gasteiger charge is -2.34. The Balaban J connectivity index is 2.22. The summed E-state index contributed by atoms with van der Waals surface area (Å²) in [5.41, 5.74) is 6.09. The van der Waals surface area contributed by atoms with Crippen molar-refractivity contribution >= 4 is 0 Å². The molecule has 0 aromatic heterocycles. The first-order valence-electron chi connectivity index (χ1n) is 7.03. The zero-order chi connectivity index (χ0) is 12.8. The molecule has 1 unspecified atom stereocenters. The Bertz CT molecular complexity index is 200. The molecular weight excluding hydrogens is 212 g/mol. The number of hydrogen-bond acceptors (Lipinski definition) is 3. The van der Waals surface area contributed by atoms with E-state index in [1.165, 1.54) is 25.7 Å². The molecule has 1 aliphatic rings. The molecule has 3 heteroatoms. The van der Waals surface area contributed by atoms with Crippen molar-refractivity contribution in [2.45, 2.75) is 64.1 Å². The van der Waals surface area contributed by atoms with Gasteiger partial charge in [-0.25, -0.2) is 0 Å². The van der Waals surface area contributed by atoms with Crippen molar-refractivity contribution in [2.75, 3.05) is 20.7 Å². The molecule has 1 aliphatic carbocycles. The maximum atomic E-state index is 6.09. The third-order valence-electron chi connectivity index (χ3n) is 4.27. The van der Waals surface area contributed by atoms with Crippen molar-refractivity contribution in [3.05, 3.63) is 0 Å². The van der Waals surface area contributed by atoms with Gasteiger partial charge in [-0.15, -0.1) is 0 Å². The molecule has 102 valence electrons. The van der Waals surface area contributed by atoms with Gasteiger partial charge in [0.15, 0.2) is 0 Å². The van der Waals surface area contributed by atoms with Gasteiger partial charge in [0.2, 0.25) is 0 Å². The average Bonchev–Trinajstić information content (AvgIpc) is 2.35. The number of hydrogen-bond donors (Lipinski definition) is 1. The third-order valence-corrected chi connectivity index (χ3v) is 4.27. The second-order valence-corrected chi connectivity index (χ2v) is 5.84. The van der Waals surface area contributed by atoms with Crippen LogP contribution in [0.15, 0.2) is 0 Å². The van der Waals surface area contributed by atoms with Gasteiger partial charge in [-0.05, 0) is 51.6 Å². The van der Waals surface area contributed by atoms with E-state index < -0.39 is 0 Å². The van der Waals surface area contributed by atoms with Crippen molar-refractivity contribution in [3.63, 3.8) is 0 Å². The van der Waals surface area contributed by atoms with Crippen molar-refractivity contribution in [1.82, 2.24) is 4.90 Å². The average molecular weight is 242 g/mol. The molecule has 0 spiro atoms. The van der Waals surface area contributed by atoms with Crippen molar-refractivity contribution in [3.8, 4) is 0 Å². The van der Waals surface area contributed by atoms with E-state index in [2.05, 4.69) is 25.8 Å². The fourth-order valence-corrected chi connectivity index (χ4v) is 2.59. The number of rotatable bonds is 6. The van der Waals surface area contributed by atoms with E-state index in [4.69, 9.17) is 10.5 Å². The largest absolute Gasteiger partial charge is 0.381 e. The molecule has 0 bridgehead atoms. The van der Waals surface area contributed by atoms with Crippen LogP contribution < -0.4 is 5.73 Å². The Morgan fingerprint density at radius 3 is 2.29 bits per heavy atom. The Labute approximate surface area is 107 Å². The van der Waals surface area contributed by atoms with Gasteiger partial charge in [-0.3, -0.25) is 0 Å². The Morgan fingerprint density at radius 2 is 1.82 bits per heavy atom. The van der Waals surface area contributed by atoms with Crippen molar-refractivity contribution in [2.24, 2.45) is 11.7 Å². The summed E-state index contributed by atoms with van der Waals surface area (Å²) in [6, 6.07) is 1.08. The highest BCUT2D eigenvalue weighted by molar-refractivity contribution is 4.79. The van der Waals surface area contributed by atoms with E-state index in [0.29, 0.717) is 18.1 Å². The number of nitrogens with zero attached hydrogens (tertiary/aromatic N) is 1. The summed E-state index contributed by atoms with van der Waals surface area (Å²) in [4.78, 5) is 2.49. The fraction of sp³-hybridized carbons (Fsp3) is 1.00. The zero-order valence-corrected chi connectivity index (χ0v) is 12.0. The smallest absolute Gasteiger partial charge is 0.0572 e. The lowest BCUT2D eigenvalue weighted by Crippen LogP contribution is -2.39. The number of nitrogens with two attached hydrogens (primary N) is 1. The molecule has 3 nitrogen and oxygen atoms in total. The summed E-state index contributed by atoms with van der Waals surface area (Å²) in [5, 5.41) is 0. The van der Waals surface area contributed by atoms with Gasteiger partial charge in [-0.2, -0.15) is 0 Å². The van der Waals surface area contributed by atoms with Crippen LogP contribution in [0.1, 0.15) is 46.0 Å². The lowest BCUT2D eigenvalue weighted by atomic mass is 9.91. The Kier molecular flexibility index (Phi) is 6.45. The third kappa shape index (κ3) is 4.94. The predicted octanol–water partition coefficient (Wildman–Crippen LogP) is 2.25. The van der Waals surface area contributed by atoms with Crippen LogP contribution in [0.4, 0.5) is 0 Å². The molecule has 0 aromatic rings. The molecule has 0 heterocycles. The highest BCUT2D eigenvalue weighted by Gasteiger charge is 2.23. The summed E-state index contributed by atoms with van der Waals surface area (Å²) in [7, 11) is 4.07. The van der Waals surface area contributed by atoms with Crippen molar-refractivity contribution in [1.29, 1.82) is 0 Å². The van der Waals surface area contributed by atoms with E-state index in [1.54, 1.807) is 0 Å². The molecular formula is C14H30N2O. The van der Waals surface area contributed by atoms with Gasteiger partial charge in [0.25, 0.3) is 0 Å². The van der Waals surface area contributed by atoms with Gasteiger partial charge in [0.1, 0.15) is 0 Å². The van der Waals surface area contributed by atoms with Gasteiger partial charge in [-0.1, -0.05) is 13.8 Å². The minimum Gasteiger partial charge on any atom is -0.381 e. The molecule has 1 rings (SSSR count). The molecule has 1 saturated carbocycles. The van der Waals surface area contributed by atoms with E-state index >= 15 is 0 Å². The zero-order valence-electron chi connectivity index (χ0n) is 12.0. The first-order chi connectivity index (χ1) is 8.04. The van der Waals surface area contributed by atoms with E-state index in [9.17, 15) is 0 Å². The topological polar surface area (TPSA) is 38.5 Å². The van der Waals surface area contributed by atoms with E-state index in [-0.39, 0.29) is 0 Å². The second kappa shape index (κ2) is 7.34. The fourth-order valence-electron chi connectivity index (χ4n) is 2.59. The van der Waals surface area contributed by atoms with Crippen LogP contribution in [0, 0.1) is 5.92 Å². The molecule has 1 fully saturated rings. The monoisotopic (exact) mass is 242 g/mol. The SMILES string of the molecule is COC1CCC(N(C)CCC(N)C(C)C)CC1. The molecule has 0 aliphatic heterocycles. The van der Waals surface area contributed by atoms with Gasteiger partial charge < -0.3 is 15.4 Å². The highest BCUT2D eigenvalue weighted by Crippen LogP contribution is 2.24. The molecule has 0 aromatic carbocycles. The summed E-state index contributed by atoms with van der Waals surface area (Å²) in [6.07, 6.45) is 6.57. The molecule has 1 atom stereocenters. The van der Waals surface area contributed by atoms with Crippen LogP contribution in [-0.2, 0) is 4.74 Å². The summed E-state index contributed by atoms with van der Waals surface area (Å²) in [5.74, 6) is 0.590. The second-order valence-electron chi connectivity index (χ2n) is 5.84. The minimum atomic E-state index is 0.341. The quantitative estimate of drug-likeness (QED) is 0.776. The predicted molar refractivity (Wildman–Crippen MR) is 73.1 cm³/mol. The molecule has 2 N–H and O–H groups in total. The summed E-state index contributed by atoms with van der Waals surface area (Å²) < 4.78 is 5.41. The Hall–Kier alpha value is -0.120. The normalized spacial score (nSPS) is 27.7. The number of methoxy groups -OCH3 is 1. The lowest BCUT2D eigenvalue weighted by molar-refractivity contribution is 0.0434. The van der Waals surface area contributed by atoms with Gasteiger partial charge >= 0.3 is 0 Å². The Morgan fingerprint density at radius 1 is 1.24 bits per heavy atom.